The highest BCUT2D eigenvalue weighted by molar-refractivity contribution is 6.16. The molecule has 0 unspecified atom stereocenters. The molecular formula is C26H28N2O3. The lowest BCUT2D eigenvalue weighted by molar-refractivity contribution is -0.129. The molecule has 4 rings (SSSR count). The van der Waals surface area contributed by atoms with Crippen LogP contribution < -0.4 is 4.74 Å². The number of hydrogen-bond donors (Lipinski definition) is 0. The minimum atomic E-state index is -0.535. The summed E-state index contributed by atoms with van der Waals surface area (Å²) in [7, 11) is 1.61. The lowest BCUT2D eigenvalue weighted by Crippen LogP contribution is -2.44. The van der Waals surface area contributed by atoms with Crippen molar-refractivity contribution in [2.75, 3.05) is 13.7 Å². The first-order valence-electron chi connectivity index (χ1n) is 10.9. The maximum atomic E-state index is 13.3. The Morgan fingerprint density at radius 1 is 1.10 bits per heavy atom. The second-order valence-electron chi connectivity index (χ2n) is 8.06. The Hall–Kier alpha value is -3.21. The number of carbonyl (C=O) groups is 2. The summed E-state index contributed by atoms with van der Waals surface area (Å²) in [6.07, 6.45) is 9.85. The lowest BCUT2D eigenvalue weighted by Gasteiger charge is -2.31. The van der Waals surface area contributed by atoms with E-state index < -0.39 is 5.92 Å². The molecule has 1 atom stereocenters. The molecule has 5 heteroatoms. The minimum Gasteiger partial charge on any atom is -0.497 e. The van der Waals surface area contributed by atoms with Gasteiger partial charge in [-0.2, -0.15) is 0 Å². The molecule has 2 aromatic carbocycles. The molecule has 0 spiro atoms. The third-order valence-corrected chi connectivity index (χ3v) is 6.00. The summed E-state index contributed by atoms with van der Waals surface area (Å²) in [5, 5.41) is 0. The molecule has 31 heavy (non-hydrogen) atoms. The minimum absolute atomic E-state index is 0.222. The highest BCUT2D eigenvalue weighted by atomic mass is 16.5. The predicted molar refractivity (Wildman–Crippen MR) is 122 cm³/mol. The normalized spacial score (nSPS) is 18.8. The predicted octanol–water partition coefficient (Wildman–Crippen LogP) is 4.92. The first-order valence-corrected chi connectivity index (χ1v) is 10.9. The van der Waals surface area contributed by atoms with Crippen LogP contribution in [0.3, 0.4) is 0 Å². The molecule has 2 aliphatic rings. The van der Waals surface area contributed by atoms with E-state index in [-0.39, 0.29) is 18.4 Å². The number of rotatable bonds is 7. The van der Waals surface area contributed by atoms with Gasteiger partial charge in [-0.3, -0.25) is 19.5 Å². The molecule has 0 bridgehead atoms. The van der Waals surface area contributed by atoms with Gasteiger partial charge in [0.1, 0.15) is 5.75 Å². The molecule has 2 aromatic rings. The molecule has 0 fully saturated rings. The molecule has 0 aromatic heterocycles. The number of fused-ring (bicyclic) bond motifs is 1. The SMILES string of the molecule is COc1ccc(CN2C(=O)c3ccccc3[C@@H](C=NCCC3=CCCCC3)C2=O)cc1. The summed E-state index contributed by atoms with van der Waals surface area (Å²) in [5.74, 6) is -0.274. The number of aliphatic imine (C=N–C) groups is 1. The van der Waals surface area contributed by atoms with Crippen molar-refractivity contribution in [1.82, 2.24) is 4.90 Å². The maximum absolute atomic E-state index is 13.3. The number of amides is 2. The van der Waals surface area contributed by atoms with E-state index in [1.165, 1.54) is 23.3 Å². The second-order valence-corrected chi connectivity index (χ2v) is 8.06. The number of ether oxygens (including phenoxy) is 1. The van der Waals surface area contributed by atoms with Crippen molar-refractivity contribution >= 4 is 18.0 Å². The Labute approximate surface area is 183 Å². The number of benzene rings is 2. The smallest absolute Gasteiger partial charge is 0.261 e. The Bertz CT molecular complexity index is 1010. The van der Waals surface area contributed by atoms with Crippen LogP contribution in [-0.4, -0.2) is 36.6 Å². The quantitative estimate of drug-likeness (QED) is 0.366. The van der Waals surface area contributed by atoms with Crippen molar-refractivity contribution in [3.05, 3.63) is 76.9 Å². The van der Waals surface area contributed by atoms with Crippen LogP contribution in [0, 0.1) is 0 Å². The van der Waals surface area contributed by atoms with Gasteiger partial charge in [0.05, 0.1) is 19.6 Å². The summed E-state index contributed by atoms with van der Waals surface area (Å²) < 4.78 is 5.19. The third kappa shape index (κ3) is 4.76. The van der Waals surface area contributed by atoms with Gasteiger partial charge in [-0.25, -0.2) is 0 Å². The van der Waals surface area contributed by atoms with E-state index in [4.69, 9.17) is 4.74 Å². The van der Waals surface area contributed by atoms with Crippen LogP contribution in [0.2, 0.25) is 0 Å². The van der Waals surface area contributed by atoms with Gasteiger partial charge in [0.15, 0.2) is 0 Å². The molecule has 5 nitrogen and oxygen atoms in total. The fourth-order valence-corrected chi connectivity index (χ4v) is 4.24. The van der Waals surface area contributed by atoms with Crippen molar-refractivity contribution in [3.8, 4) is 5.75 Å². The summed E-state index contributed by atoms with van der Waals surface area (Å²) in [6, 6.07) is 14.8. The molecule has 0 radical (unpaired) electrons. The molecule has 1 aliphatic carbocycles. The van der Waals surface area contributed by atoms with E-state index in [1.54, 1.807) is 19.4 Å². The molecule has 2 amide bonds. The third-order valence-electron chi connectivity index (χ3n) is 6.00. The van der Waals surface area contributed by atoms with E-state index in [9.17, 15) is 9.59 Å². The molecule has 160 valence electrons. The zero-order valence-corrected chi connectivity index (χ0v) is 17.9. The zero-order valence-electron chi connectivity index (χ0n) is 17.9. The lowest BCUT2D eigenvalue weighted by atomic mass is 9.89. The standard InChI is InChI=1S/C26H28N2O3/c1-31-21-13-11-20(12-14-21)18-28-25(29)23-10-6-5-9-22(23)24(26(28)30)17-27-16-15-19-7-3-2-4-8-19/h5-7,9-14,17,24H,2-4,8,15-16,18H2,1H3/t24-/m1/s1. The zero-order chi connectivity index (χ0) is 21.6. The van der Waals surface area contributed by atoms with Gasteiger partial charge in [0, 0.05) is 18.3 Å². The Morgan fingerprint density at radius 2 is 1.90 bits per heavy atom. The molecular weight excluding hydrogens is 388 g/mol. The Balaban J connectivity index is 1.53. The fourth-order valence-electron chi connectivity index (χ4n) is 4.24. The van der Waals surface area contributed by atoms with Gasteiger partial charge in [-0.15, -0.1) is 0 Å². The van der Waals surface area contributed by atoms with Crippen LogP contribution >= 0.6 is 0 Å². The van der Waals surface area contributed by atoms with Crippen molar-refractivity contribution in [2.24, 2.45) is 4.99 Å². The summed E-state index contributed by atoms with van der Waals surface area (Å²) in [5.41, 5.74) is 3.66. The van der Waals surface area contributed by atoms with Gasteiger partial charge in [-0.05, 0) is 61.4 Å². The molecule has 0 N–H and O–H groups in total. The number of methoxy groups -OCH3 is 1. The maximum Gasteiger partial charge on any atom is 0.261 e. The molecule has 1 aliphatic heterocycles. The molecule has 0 saturated carbocycles. The second kappa shape index (κ2) is 9.73. The van der Waals surface area contributed by atoms with Crippen LogP contribution in [0.4, 0.5) is 0 Å². The Kier molecular flexibility index (Phi) is 6.60. The first-order chi connectivity index (χ1) is 15.2. The summed E-state index contributed by atoms with van der Waals surface area (Å²) in [4.78, 5) is 32.3. The van der Waals surface area contributed by atoms with Crippen LogP contribution in [0.25, 0.3) is 0 Å². The topological polar surface area (TPSA) is 59.0 Å². The van der Waals surface area contributed by atoms with Gasteiger partial charge < -0.3 is 4.74 Å². The molecule has 0 saturated heterocycles. The van der Waals surface area contributed by atoms with E-state index in [0.717, 1.165) is 36.1 Å². The summed E-state index contributed by atoms with van der Waals surface area (Å²) >= 11 is 0. The van der Waals surface area contributed by atoms with Crippen molar-refractivity contribution in [1.29, 1.82) is 0 Å². The largest absolute Gasteiger partial charge is 0.497 e. The van der Waals surface area contributed by atoms with Crippen LogP contribution in [0.5, 0.6) is 5.75 Å². The number of carbonyl (C=O) groups excluding carboxylic acids is 2. The van der Waals surface area contributed by atoms with Gasteiger partial charge >= 0.3 is 0 Å². The van der Waals surface area contributed by atoms with Crippen molar-refractivity contribution < 1.29 is 14.3 Å². The number of imide groups is 1. The van der Waals surface area contributed by atoms with E-state index in [2.05, 4.69) is 11.1 Å². The van der Waals surface area contributed by atoms with Crippen LogP contribution in [0.15, 0.2) is 65.2 Å². The summed E-state index contributed by atoms with van der Waals surface area (Å²) in [6.45, 7) is 0.900. The van der Waals surface area contributed by atoms with Gasteiger partial charge in [-0.1, -0.05) is 42.0 Å². The first kappa shape index (κ1) is 21.0. The highest BCUT2D eigenvalue weighted by Gasteiger charge is 2.37. The number of hydrogen-bond acceptors (Lipinski definition) is 4. The van der Waals surface area contributed by atoms with Crippen molar-refractivity contribution in [2.45, 2.75) is 44.6 Å². The number of allylic oxidation sites excluding steroid dienone is 1. The highest BCUT2D eigenvalue weighted by Crippen LogP contribution is 2.30. The molecule has 1 heterocycles. The van der Waals surface area contributed by atoms with Crippen LogP contribution in [-0.2, 0) is 11.3 Å². The number of nitrogens with zero attached hydrogens (tertiary/aromatic N) is 2. The van der Waals surface area contributed by atoms with Gasteiger partial charge in [0.25, 0.3) is 5.91 Å². The average molecular weight is 417 g/mol. The van der Waals surface area contributed by atoms with Crippen LogP contribution in [0.1, 0.15) is 59.5 Å². The fraction of sp³-hybridized carbons (Fsp3) is 0.346. The Morgan fingerprint density at radius 3 is 2.65 bits per heavy atom. The van der Waals surface area contributed by atoms with Crippen molar-refractivity contribution in [3.63, 3.8) is 0 Å². The van der Waals surface area contributed by atoms with E-state index in [1.807, 2.05) is 42.5 Å². The van der Waals surface area contributed by atoms with Gasteiger partial charge in [0.2, 0.25) is 5.91 Å². The monoisotopic (exact) mass is 416 g/mol. The van der Waals surface area contributed by atoms with E-state index >= 15 is 0 Å². The average Bonchev–Trinajstić information content (AvgIpc) is 2.82. The van der Waals surface area contributed by atoms with E-state index in [0.29, 0.717) is 12.1 Å².